The minimum atomic E-state index is -1.29. The number of fused-ring (bicyclic) bond motifs is 2. The first-order chi connectivity index (χ1) is 14.9. The molecule has 10 heteroatoms. The summed E-state index contributed by atoms with van der Waals surface area (Å²) in [5.41, 5.74) is 2.84. The summed E-state index contributed by atoms with van der Waals surface area (Å²) >= 11 is 0. The molecule has 1 aliphatic heterocycles. The highest BCUT2D eigenvalue weighted by Gasteiger charge is 2.44. The number of rotatable bonds is 4. The van der Waals surface area contributed by atoms with Crippen molar-refractivity contribution in [2.75, 3.05) is 11.9 Å². The Morgan fingerprint density at radius 1 is 1.23 bits per heavy atom. The number of anilines is 1. The van der Waals surface area contributed by atoms with E-state index in [1.165, 1.54) is 10.7 Å². The van der Waals surface area contributed by atoms with Crippen molar-refractivity contribution in [2.45, 2.75) is 50.3 Å². The summed E-state index contributed by atoms with van der Waals surface area (Å²) in [6.45, 7) is 1.35. The van der Waals surface area contributed by atoms with Gasteiger partial charge in [0.1, 0.15) is 29.9 Å². The molecule has 0 spiro atoms. The lowest BCUT2D eigenvalue weighted by atomic mass is 10.1. The van der Waals surface area contributed by atoms with E-state index in [2.05, 4.69) is 15.4 Å². The van der Waals surface area contributed by atoms with E-state index in [1.807, 2.05) is 6.07 Å². The molecule has 31 heavy (non-hydrogen) atoms. The molecule has 0 amide bonds. The molecule has 5 atom stereocenters. The lowest BCUT2D eigenvalue weighted by Crippen LogP contribution is -2.33. The van der Waals surface area contributed by atoms with Crippen LogP contribution in [0.5, 0.6) is 0 Å². The number of pyridine rings is 1. The molecule has 1 aliphatic carbocycles. The fourth-order valence-electron chi connectivity index (χ4n) is 4.54. The largest absolute Gasteiger partial charge is 0.394 e. The molecule has 1 saturated heterocycles. The first-order valence-corrected chi connectivity index (χ1v) is 10.1. The number of nitrogens with one attached hydrogen (secondary N) is 1. The highest BCUT2D eigenvalue weighted by atomic mass is 19.1. The topological polar surface area (TPSA) is 113 Å². The van der Waals surface area contributed by atoms with Crippen molar-refractivity contribution in [3.8, 4) is 0 Å². The summed E-state index contributed by atoms with van der Waals surface area (Å²) in [6.07, 6.45) is -1.76. The van der Waals surface area contributed by atoms with Crippen molar-refractivity contribution in [2.24, 2.45) is 0 Å². The number of nitrogens with zero attached hydrogens (tertiary/aromatic N) is 3. The van der Waals surface area contributed by atoms with Gasteiger partial charge >= 0.3 is 0 Å². The molecule has 3 heterocycles. The number of hydrogen-bond donors (Lipinski definition) is 4. The zero-order valence-electron chi connectivity index (χ0n) is 16.7. The van der Waals surface area contributed by atoms with Gasteiger partial charge in [-0.15, -0.1) is 0 Å². The summed E-state index contributed by atoms with van der Waals surface area (Å²) in [6, 6.07) is 3.74. The predicted molar refractivity (Wildman–Crippen MR) is 106 cm³/mol. The smallest absolute Gasteiger partial charge is 0.181 e. The Kier molecular flexibility index (Phi) is 4.89. The van der Waals surface area contributed by atoms with E-state index in [-0.39, 0.29) is 6.04 Å². The highest BCUT2D eigenvalue weighted by molar-refractivity contribution is 5.89. The Balaban J connectivity index is 1.51. The number of halogens is 2. The van der Waals surface area contributed by atoms with Crippen molar-refractivity contribution < 1.29 is 28.8 Å². The first kappa shape index (κ1) is 20.3. The van der Waals surface area contributed by atoms with E-state index in [1.54, 1.807) is 13.1 Å². The lowest BCUT2D eigenvalue weighted by Gasteiger charge is -2.18. The number of aliphatic hydroxyl groups excluding tert-OH is 3. The van der Waals surface area contributed by atoms with Crippen LogP contribution in [0.3, 0.4) is 0 Å². The number of aryl methyl sites for hydroxylation is 2. The van der Waals surface area contributed by atoms with Crippen LogP contribution in [-0.2, 0) is 11.2 Å². The monoisotopic (exact) mass is 432 g/mol. The SMILES string of the molecule is Cc1cc(N[C@@H]2CCc3cc(F)cc(F)c32)c2cnn([C@@H]3O[C@H](CO)[C@@H](O)[C@H]3O)c2n1. The van der Waals surface area contributed by atoms with Crippen LogP contribution in [0.4, 0.5) is 14.5 Å². The Morgan fingerprint density at radius 2 is 2.03 bits per heavy atom. The molecule has 0 unspecified atom stereocenters. The van der Waals surface area contributed by atoms with Crippen LogP contribution >= 0.6 is 0 Å². The molecule has 2 aliphatic rings. The van der Waals surface area contributed by atoms with Crippen LogP contribution in [0.1, 0.15) is 35.5 Å². The van der Waals surface area contributed by atoms with Crippen molar-refractivity contribution in [1.29, 1.82) is 0 Å². The maximum atomic E-state index is 14.5. The molecule has 4 N–H and O–H groups in total. The maximum absolute atomic E-state index is 14.5. The van der Waals surface area contributed by atoms with Crippen LogP contribution in [-0.4, -0.2) is 55.0 Å². The molecule has 3 aromatic rings. The Morgan fingerprint density at radius 3 is 2.77 bits per heavy atom. The van der Waals surface area contributed by atoms with Crippen LogP contribution in [0.25, 0.3) is 11.0 Å². The third kappa shape index (κ3) is 3.26. The number of hydrogen-bond acceptors (Lipinski definition) is 7. The van der Waals surface area contributed by atoms with Crippen LogP contribution < -0.4 is 5.32 Å². The van der Waals surface area contributed by atoms with E-state index in [9.17, 15) is 24.1 Å². The second-order valence-corrected chi connectivity index (χ2v) is 8.06. The van der Waals surface area contributed by atoms with Gasteiger partial charge in [0.05, 0.1) is 24.2 Å². The standard InChI is InChI=1S/C21H22F2N4O4/c1-9-4-15(26-14-3-2-10-5-11(22)6-13(23)17(10)14)12-7-24-27(20(12)25-9)21-19(30)18(29)16(8-28)31-21/h4-7,14,16,18-19,21,28-30H,2-3,8H2,1H3,(H,25,26)/t14-,16-,18-,19-,21-/m1/s1. The molecular weight excluding hydrogens is 410 g/mol. The molecule has 0 saturated carbocycles. The van der Waals surface area contributed by atoms with Gasteiger partial charge in [-0.3, -0.25) is 0 Å². The minimum Gasteiger partial charge on any atom is -0.394 e. The van der Waals surface area contributed by atoms with Crippen molar-refractivity contribution in [3.05, 3.63) is 52.9 Å². The van der Waals surface area contributed by atoms with Gasteiger partial charge in [-0.25, -0.2) is 18.4 Å². The van der Waals surface area contributed by atoms with E-state index in [0.29, 0.717) is 46.4 Å². The van der Waals surface area contributed by atoms with Crippen molar-refractivity contribution in [1.82, 2.24) is 14.8 Å². The molecule has 2 aromatic heterocycles. The molecule has 164 valence electrons. The Hall–Kier alpha value is -2.66. The van der Waals surface area contributed by atoms with Gasteiger partial charge in [-0.1, -0.05) is 0 Å². The zero-order chi connectivity index (χ0) is 21.9. The molecule has 8 nitrogen and oxygen atoms in total. The maximum Gasteiger partial charge on any atom is 0.181 e. The Labute approximate surface area is 176 Å². The molecule has 5 rings (SSSR count). The van der Waals surface area contributed by atoms with Crippen LogP contribution in [0, 0.1) is 18.6 Å². The molecule has 1 fully saturated rings. The quantitative estimate of drug-likeness (QED) is 0.497. The van der Waals surface area contributed by atoms with Crippen LogP contribution in [0.15, 0.2) is 24.4 Å². The van der Waals surface area contributed by atoms with Crippen molar-refractivity contribution >= 4 is 16.7 Å². The van der Waals surface area contributed by atoms with Gasteiger partial charge in [-0.2, -0.15) is 5.10 Å². The second-order valence-electron chi connectivity index (χ2n) is 8.06. The summed E-state index contributed by atoms with van der Waals surface area (Å²) in [5.74, 6) is -1.16. The predicted octanol–water partition coefficient (Wildman–Crippen LogP) is 1.73. The summed E-state index contributed by atoms with van der Waals surface area (Å²) in [5, 5.41) is 38.0. The van der Waals surface area contributed by atoms with E-state index >= 15 is 0 Å². The minimum absolute atomic E-state index is 0.335. The second kappa shape index (κ2) is 7.49. The number of ether oxygens (including phenoxy) is 1. The van der Waals surface area contributed by atoms with E-state index in [0.717, 1.165) is 6.07 Å². The summed E-state index contributed by atoms with van der Waals surface area (Å²) < 4.78 is 35.0. The van der Waals surface area contributed by atoms with Gasteiger partial charge in [-0.05, 0) is 37.5 Å². The Bertz CT molecular complexity index is 1150. The lowest BCUT2D eigenvalue weighted by molar-refractivity contribution is -0.0566. The molecular formula is C21H22F2N4O4. The average molecular weight is 432 g/mol. The van der Waals surface area contributed by atoms with Gasteiger partial charge < -0.3 is 25.4 Å². The number of aliphatic hydroxyl groups is 3. The zero-order valence-corrected chi connectivity index (χ0v) is 16.7. The number of aromatic nitrogens is 3. The number of benzene rings is 1. The summed E-state index contributed by atoms with van der Waals surface area (Å²) in [4.78, 5) is 4.50. The molecule has 0 radical (unpaired) electrons. The normalized spacial score (nSPS) is 27.7. The fourth-order valence-corrected chi connectivity index (χ4v) is 4.54. The fraction of sp³-hybridized carbons (Fsp3) is 0.429. The van der Waals surface area contributed by atoms with E-state index in [4.69, 9.17) is 4.74 Å². The van der Waals surface area contributed by atoms with Gasteiger partial charge in [0.2, 0.25) is 0 Å². The third-order valence-electron chi connectivity index (χ3n) is 6.01. The highest BCUT2D eigenvalue weighted by Crippen LogP contribution is 2.38. The van der Waals surface area contributed by atoms with Gasteiger partial charge in [0.15, 0.2) is 11.9 Å². The first-order valence-electron chi connectivity index (χ1n) is 10.1. The third-order valence-corrected chi connectivity index (χ3v) is 6.01. The average Bonchev–Trinajstić information content (AvgIpc) is 3.39. The van der Waals surface area contributed by atoms with E-state index < -0.39 is 42.8 Å². The van der Waals surface area contributed by atoms with Gasteiger partial charge in [0, 0.05) is 23.0 Å². The molecule has 1 aromatic carbocycles. The summed E-state index contributed by atoms with van der Waals surface area (Å²) in [7, 11) is 0. The van der Waals surface area contributed by atoms with Gasteiger partial charge in [0.25, 0.3) is 0 Å². The van der Waals surface area contributed by atoms with Crippen molar-refractivity contribution in [3.63, 3.8) is 0 Å². The van der Waals surface area contributed by atoms with Crippen LogP contribution in [0.2, 0.25) is 0 Å². The molecule has 0 bridgehead atoms.